The normalized spacial score (nSPS) is 10.9. The molecule has 0 bridgehead atoms. The van der Waals surface area contributed by atoms with Crippen LogP contribution >= 0.6 is 11.6 Å². The van der Waals surface area contributed by atoms with Gasteiger partial charge in [-0.3, -0.25) is 4.79 Å². The number of carbonyl (C=O) groups is 1. The Kier molecular flexibility index (Phi) is 4.96. The predicted molar refractivity (Wildman–Crippen MR) is 67.2 cm³/mol. The van der Waals surface area contributed by atoms with Crippen molar-refractivity contribution in [3.05, 3.63) is 28.8 Å². The van der Waals surface area contributed by atoms with E-state index in [1.165, 1.54) is 18.2 Å². The average molecular weight is 276 g/mol. The van der Waals surface area contributed by atoms with Gasteiger partial charge in [0.1, 0.15) is 0 Å². The van der Waals surface area contributed by atoms with Crippen LogP contribution in [0.2, 0.25) is 5.02 Å². The van der Waals surface area contributed by atoms with Crippen LogP contribution in [0.3, 0.4) is 0 Å². The summed E-state index contributed by atoms with van der Waals surface area (Å²) in [5.41, 5.74) is 0.296. The lowest BCUT2D eigenvalue weighted by molar-refractivity contribution is 0.0949. The maximum absolute atomic E-state index is 11.7. The van der Waals surface area contributed by atoms with Crippen molar-refractivity contribution in [3.63, 3.8) is 0 Å². The lowest BCUT2D eigenvalue weighted by Gasteiger charge is -2.08. The summed E-state index contributed by atoms with van der Waals surface area (Å²) in [5.74, 6) is 0.0373. The van der Waals surface area contributed by atoms with Gasteiger partial charge in [-0.1, -0.05) is 25.4 Å². The number of thiol groups is 1. The molecule has 0 saturated heterocycles. The molecule has 4 nitrogen and oxygen atoms in total. The number of nitrogens with one attached hydrogen (secondary N) is 1. The minimum absolute atomic E-state index is 0.0288. The third-order valence-electron chi connectivity index (χ3n) is 2.08. The van der Waals surface area contributed by atoms with E-state index in [9.17, 15) is 13.2 Å². The molecule has 94 valence electrons. The summed E-state index contributed by atoms with van der Waals surface area (Å²) in [6.45, 7) is 4.49. The fourth-order valence-corrected chi connectivity index (χ4v) is 2.01. The zero-order valence-corrected chi connectivity index (χ0v) is 11.2. The first kappa shape index (κ1) is 14.0. The Morgan fingerprint density at radius 3 is 2.59 bits per heavy atom. The highest BCUT2D eigenvalue weighted by Gasteiger charge is 2.10. The van der Waals surface area contributed by atoms with Gasteiger partial charge in [0.25, 0.3) is 5.91 Å². The Labute approximate surface area is 107 Å². The fraction of sp³-hybridized carbons (Fsp3) is 0.364. The third kappa shape index (κ3) is 4.02. The van der Waals surface area contributed by atoms with Gasteiger partial charge in [0.2, 0.25) is 0 Å². The standard InChI is InChI=1S/C11H14ClNO3S/c1-7(2)6-13-11(14)8-3-4-9(12)10(5-8)17(15)16/h3-5,7,17H,6H2,1-2H3,(H,13,14). The van der Waals surface area contributed by atoms with Crippen molar-refractivity contribution in [2.24, 2.45) is 5.92 Å². The largest absolute Gasteiger partial charge is 0.352 e. The van der Waals surface area contributed by atoms with Crippen molar-refractivity contribution < 1.29 is 13.2 Å². The van der Waals surface area contributed by atoms with Crippen LogP contribution in [0.25, 0.3) is 0 Å². The lowest BCUT2D eigenvalue weighted by atomic mass is 10.2. The van der Waals surface area contributed by atoms with E-state index >= 15 is 0 Å². The number of hydrogen-bond donors (Lipinski definition) is 2. The molecule has 0 fully saturated rings. The number of benzene rings is 1. The SMILES string of the molecule is CC(C)CNC(=O)c1ccc(Cl)c([SH](=O)=O)c1. The summed E-state index contributed by atoms with van der Waals surface area (Å²) >= 11 is 5.71. The minimum atomic E-state index is -2.79. The van der Waals surface area contributed by atoms with E-state index in [4.69, 9.17) is 11.6 Å². The summed E-state index contributed by atoms with van der Waals surface area (Å²) in [7, 11) is -2.79. The quantitative estimate of drug-likeness (QED) is 0.822. The maximum atomic E-state index is 11.7. The van der Waals surface area contributed by atoms with Gasteiger partial charge in [-0.2, -0.15) is 0 Å². The van der Waals surface area contributed by atoms with Crippen LogP contribution in [0, 0.1) is 5.92 Å². The van der Waals surface area contributed by atoms with Crippen LogP contribution in [0.5, 0.6) is 0 Å². The molecule has 0 aliphatic rings. The molecule has 0 aliphatic heterocycles. The summed E-state index contributed by atoms with van der Waals surface area (Å²) in [6, 6.07) is 4.19. The second kappa shape index (κ2) is 6.02. The first-order chi connectivity index (χ1) is 7.91. The highest BCUT2D eigenvalue weighted by molar-refractivity contribution is 7.72. The number of rotatable bonds is 4. The molecule has 0 spiro atoms. The number of carbonyl (C=O) groups excluding carboxylic acids is 1. The van der Waals surface area contributed by atoms with Gasteiger partial charge in [-0.05, 0) is 24.1 Å². The monoisotopic (exact) mass is 275 g/mol. The Bertz CT molecular complexity index is 489. The molecule has 1 aromatic rings. The van der Waals surface area contributed by atoms with Gasteiger partial charge < -0.3 is 5.32 Å². The second-order valence-electron chi connectivity index (χ2n) is 4.03. The van der Waals surface area contributed by atoms with Crippen molar-refractivity contribution in [1.29, 1.82) is 0 Å². The number of amides is 1. The molecule has 0 unspecified atom stereocenters. The van der Waals surface area contributed by atoms with Crippen molar-refractivity contribution in [2.45, 2.75) is 18.7 Å². The molecule has 0 radical (unpaired) electrons. The highest BCUT2D eigenvalue weighted by atomic mass is 35.5. The van der Waals surface area contributed by atoms with Gasteiger partial charge >= 0.3 is 0 Å². The molecule has 6 heteroatoms. The van der Waals surface area contributed by atoms with E-state index in [1.807, 2.05) is 13.8 Å². The third-order valence-corrected chi connectivity index (χ3v) is 3.30. The van der Waals surface area contributed by atoms with Crippen molar-refractivity contribution in [3.8, 4) is 0 Å². The number of halogens is 1. The smallest absolute Gasteiger partial charge is 0.251 e. The van der Waals surface area contributed by atoms with E-state index < -0.39 is 10.7 Å². The van der Waals surface area contributed by atoms with Crippen LogP contribution < -0.4 is 5.32 Å². The molecule has 0 atom stereocenters. The Hall–Kier alpha value is -1.07. The maximum Gasteiger partial charge on any atom is 0.251 e. The first-order valence-corrected chi connectivity index (χ1v) is 6.69. The van der Waals surface area contributed by atoms with Gasteiger partial charge in [-0.25, -0.2) is 8.42 Å². The van der Waals surface area contributed by atoms with Gasteiger partial charge in [-0.15, -0.1) is 0 Å². The Morgan fingerprint density at radius 2 is 2.06 bits per heavy atom. The van der Waals surface area contributed by atoms with Crippen molar-refractivity contribution in [2.75, 3.05) is 6.54 Å². The van der Waals surface area contributed by atoms with Crippen LogP contribution in [-0.2, 0) is 10.7 Å². The fourth-order valence-electron chi connectivity index (χ4n) is 1.19. The summed E-state index contributed by atoms with van der Waals surface area (Å²) < 4.78 is 21.8. The van der Waals surface area contributed by atoms with Crippen LogP contribution in [-0.4, -0.2) is 20.9 Å². The van der Waals surface area contributed by atoms with Crippen molar-refractivity contribution >= 4 is 28.2 Å². The summed E-state index contributed by atoms with van der Waals surface area (Å²) in [6.07, 6.45) is 0. The van der Waals surface area contributed by atoms with Gasteiger partial charge in [0, 0.05) is 12.1 Å². The zero-order chi connectivity index (χ0) is 13.0. The predicted octanol–water partition coefficient (Wildman–Crippen LogP) is 1.70. The van der Waals surface area contributed by atoms with E-state index in [2.05, 4.69) is 5.32 Å². The van der Waals surface area contributed by atoms with E-state index in [0.29, 0.717) is 18.0 Å². The summed E-state index contributed by atoms with van der Waals surface area (Å²) in [5, 5.41) is 2.83. The molecule has 0 aliphatic carbocycles. The molecule has 1 N–H and O–H groups in total. The van der Waals surface area contributed by atoms with Crippen LogP contribution in [0.15, 0.2) is 23.1 Å². The Balaban J connectivity index is 2.92. The number of hydrogen-bond acceptors (Lipinski definition) is 3. The average Bonchev–Trinajstić information content (AvgIpc) is 2.26. The zero-order valence-electron chi connectivity index (χ0n) is 9.57. The molecule has 0 aromatic heterocycles. The van der Waals surface area contributed by atoms with E-state index in [0.717, 1.165) is 0 Å². The molecular formula is C11H14ClNO3S. The Morgan fingerprint density at radius 1 is 1.41 bits per heavy atom. The van der Waals surface area contributed by atoms with E-state index in [-0.39, 0.29) is 15.8 Å². The molecular weight excluding hydrogens is 262 g/mol. The lowest BCUT2D eigenvalue weighted by Crippen LogP contribution is -2.27. The van der Waals surface area contributed by atoms with Crippen LogP contribution in [0.1, 0.15) is 24.2 Å². The molecule has 1 aromatic carbocycles. The topological polar surface area (TPSA) is 63.2 Å². The van der Waals surface area contributed by atoms with Crippen molar-refractivity contribution in [1.82, 2.24) is 5.32 Å². The molecule has 1 amide bonds. The molecule has 0 saturated carbocycles. The minimum Gasteiger partial charge on any atom is -0.352 e. The molecule has 1 rings (SSSR count). The summed E-state index contributed by atoms with van der Waals surface area (Å²) in [4.78, 5) is 11.7. The van der Waals surface area contributed by atoms with E-state index in [1.54, 1.807) is 0 Å². The van der Waals surface area contributed by atoms with Gasteiger partial charge in [0.05, 0.1) is 9.92 Å². The second-order valence-corrected chi connectivity index (χ2v) is 5.43. The highest BCUT2D eigenvalue weighted by Crippen LogP contribution is 2.18. The molecule has 0 heterocycles. The molecule has 17 heavy (non-hydrogen) atoms. The van der Waals surface area contributed by atoms with Gasteiger partial charge in [0.15, 0.2) is 10.7 Å². The van der Waals surface area contributed by atoms with Crippen LogP contribution in [0.4, 0.5) is 0 Å². The first-order valence-electron chi connectivity index (χ1n) is 5.14.